The minimum Gasteiger partial charge on any atom is -0.503 e. The number of rotatable bonds is 6. The molecular formula is C22H17ClFN3O2S. The summed E-state index contributed by atoms with van der Waals surface area (Å²) in [5.74, 6) is 0.0945. The Kier molecular flexibility index (Phi) is 5.98. The third-order valence-electron chi connectivity index (χ3n) is 4.49. The molecule has 1 aromatic heterocycles. The molecule has 1 aliphatic rings. The fourth-order valence-electron chi connectivity index (χ4n) is 3.08. The van der Waals surface area contributed by atoms with Gasteiger partial charge in [0.15, 0.2) is 16.7 Å². The van der Waals surface area contributed by atoms with Gasteiger partial charge in [0, 0.05) is 23.1 Å². The highest BCUT2D eigenvalue weighted by atomic mass is 35.5. The van der Waals surface area contributed by atoms with Gasteiger partial charge < -0.3 is 14.4 Å². The highest BCUT2D eigenvalue weighted by Gasteiger charge is 2.20. The van der Waals surface area contributed by atoms with E-state index >= 15 is 0 Å². The molecule has 0 saturated heterocycles. The Morgan fingerprint density at radius 1 is 1.37 bits per heavy atom. The van der Waals surface area contributed by atoms with Crippen molar-refractivity contribution in [2.24, 2.45) is 0 Å². The fraction of sp³-hybridized carbons (Fsp3) is 0.182. The molecule has 2 heterocycles. The van der Waals surface area contributed by atoms with Gasteiger partial charge in [-0.3, -0.25) is 4.39 Å². The highest BCUT2D eigenvalue weighted by molar-refractivity contribution is 8.03. The van der Waals surface area contributed by atoms with Crippen LogP contribution in [0.15, 0.2) is 52.7 Å². The Morgan fingerprint density at radius 3 is 3.00 bits per heavy atom. The zero-order valence-corrected chi connectivity index (χ0v) is 17.4. The largest absolute Gasteiger partial charge is 0.503 e. The van der Waals surface area contributed by atoms with Gasteiger partial charge in [-0.05, 0) is 35.9 Å². The van der Waals surface area contributed by atoms with Crippen LogP contribution in [0.5, 0.6) is 11.5 Å². The smallest absolute Gasteiger partial charge is 0.176 e. The maximum absolute atomic E-state index is 12.3. The van der Waals surface area contributed by atoms with E-state index in [1.165, 1.54) is 0 Å². The number of imidazole rings is 1. The molecule has 1 aliphatic heterocycles. The van der Waals surface area contributed by atoms with Crippen LogP contribution in [-0.2, 0) is 6.54 Å². The van der Waals surface area contributed by atoms with Gasteiger partial charge in [-0.25, -0.2) is 4.98 Å². The number of hydrogen-bond acceptors (Lipinski definition) is 5. The SMILES string of the molecule is N#Cc1cccc(-c2cn3c(n2)SC(=Cc2cc(Cl)c(O)c(OCCCF)c2)C3)c1. The average molecular weight is 442 g/mol. The van der Waals surface area contributed by atoms with Crippen molar-refractivity contribution in [2.75, 3.05) is 13.3 Å². The first-order valence-corrected chi connectivity index (χ1v) is 10.4. The lowest BCUT2D eigenvalue weighted by atomic mass is 10.1. The molecule has 2 aromatic carbocycles. The second kappa shape index (κ2) is 8.82. The number of nitriles is 1. The van der Waals surface area contributed by atoms with E-state index < -0.39 is 6.67 Å². The topological polar surface area (TPSA) is 71.1 Å². The number of nitrogens with zero attached hydrogens (tertiary/aromatic N) is 3. The van der Waals surface area contributed by atoms with Crippen molar-refractivity contribution in [3.63, 3.8) is 0 Å². The quantitative estimate of drug-likeness (QED) is 0.499. The molecule has 0 bridgehead atoms. The molecular weight excluding hydrogens is 425 g/mol. The zero-order valence-electron chi connectivity index (χ0n) is 15.8. The van der Waals surface area contributed by atoms with Crippen LogP contribution in [0.4, 0.5) is 4.39 Å². The van der Waals surface area contributed by atoms with Crippen LogP contribution >= 0.6 is 23.4 Å². The monoisotopic (exact) mass is 441 g/mol. The molecule has 0 fully saturated rings. The molecule has 5 nitrogen and oxygen atoms in total. The lowest BCUT2D eigenvalue weighted by Gasteiger charge is -2.10. The van der Waals surface area contributed by atoms with Crippen molar-refractivity contribution in [1.82, 2.24) is 9.55 Å². The summed E-state index contributed by atoms with van der Waals surface area (Å²) in [5, 5.41) is 20.2. The third-order valence-corrected chi connectivity index (χ3v) is 5.80. The lowest BCUT2D eigenvalue weighted by molar-refractivity contribution is 0.277. The second-order valence-electron chi connectivity index (χ2n) is 6.68. The first kappa shape index (κ1) is 20.3. The summed E-state index contributed by atoms with van der Waals surface area (Å²) in [4.78, 5) is 5.74. The van der Waals surface area contributed by atoms with Gasteiger partial charge in [0.05, 0.1) is 42.2 Å². The van der Waals surface area contributed by atoms with Crippen LogP contribution in [0.3, 0.4) is 0 Å². The number of alkyl halides is 1. The number of fused-ring (bicyclic) bond motifs is 1. The summed E-state index contributed by atoms with van der Waals surface area (Å²) < 4.78 is 19.8. The number of hydrogen-bond donors (Lipinski definition) is 1. The van der Waals surface area contributed by atoms with E-state index in [0.717, 1.165) is 26.9 Å². The number of aromatic hydroxyl groups is 1. The minimum absolute atomic E-state index is 0.145. The van der Waals surface area contributed by atoms with E-state index in [1.54, 1.807) is 30.0 Å². The maximum atomic E-state index is 12.3. The molecule has 0 atom stereocenters. The van der Waals surface area contributed by atoms with Crippen molar-refractivity contribution in [1.29, 1.82) is 5.26 Å². The summed E-state index contributed by atoms with van der Waals surface area (Å²) >= 11 is 7.66. The molecule has 0 radical (unpaired) electrons. The second-order valence-corrected chi connectivity index (χ2v) is 8.18. The molecule has 0 spiro atoms. The van der Waals surface area contributed by atoms with Crippen LogP contribution in [0.2, 0.25) is 5.02 Å². The predicted octanol–water partition coefficient (Wildman–Crippen LogP) is 5.67. The van der Waals surface area contributed by atoms with E-state index in [0.29, 0.717) is 12.1 Å². The third kappa shape index (κ3) is 4.30. The number of halogens is 2. The number of ether oxygens (including phenoxy) is 1. The molecule has 8 heteroatoms. The van der Waals surface area contributed by atoms with E-state index in [-0.39, 0.29) is 29.5 Å². The minimum atomic E-state index is -0.483. The van der Waals surface area contributed by atoms with Crippen LogP contribution in [0.1, 0.15) is 17.5 Å². The van der Waals surface area contributed by atoms with Crippen molar-refractivity contribution in [2.45, 2.75) is 18.1 Å². The Morgan fingerprint density at radius 2 is 2.23 bits per heavy atom. The van der Waals surface area contributed by atoms with Crippen LogP contribution in [0, 0.1) is 11.3 Å². The standard InChI is InChI=1S/C22H17ClFN3O2S/c23-18-9-15(10-20(21(18)28)29-6-2-5-24)8-17-12-27-13-19(26-22(27)30-17)16-4-1-3-14(7-16)11-25/h1,3-4,7-10,13,28H,2,5-6,12H2. The number of phenols is 1. The molecule has 0 amide bonds. The predicted molar refractivity (Wildman–Crippen MR) is 115 cm³/mol. The Balaban J connectivity index is 1.53. The zero-order chi connectivity index (χ0) is 21.1. The summed E-state index contributed by atoms with van der Waals surface area (Å²) in [7, 11) is 0. The lowest BCUT2D eigenvalue weighted by Crippen LogP contribution is -1.99. The Bertz CT molecular complexity index is 1140. The van der Waals surface area contributed by atoms with Gasteiger partial charge >= 0.3 is 0 Å². The average Bonchev–Trinajstić information content (AvgIpc) is 3.30. The van der Waals surface area contributed by atoms with Gasteiger partial charge in [-0.1, -0.05) is 35.5 Å². The number of phenolic OH excluding ortho intramolecular Hbond substituents is 1. The van der Waals surface area contributed by atoms with Crippen molar-refractivity contribution in [3.8, 4) is 28.8 Å². The molecule has 30 heavy (non-hydrogen) atoms. The molecule has 1 N–H and O–H groups in total. The number of benzene rings is 2. The Labute approximate surface area is 182 Å². The first-order valence-electron chi connectivity index (χ1n) is 9.25. The van der Waals surface area contributed by atoms with Crippen molar-refractivity contribution in [3.05, 3.63) is 63.6 Å². The van der Waals surface area contributed by atoms with Gasteiger partial charge in [0.25, 0.3) is 0 Å². The van der Waals surface area contributed by atoms with Crippen LogP contribution in [0.25, 0.3) is 17.3 Å². The molecule has 3 aromatic rings. The van der Waals surface area contributed by atoms with E-state index in [2.05, 4.69) is 11.1 Å². The summed E-state index contributed by atoms with van der Waals surface area (Å²) in [6, 6.07) is 12.9. The number of thioether (sulfide) groups is 1. The van der Waals surface area contributed by atoms with Crippen molar-refractivity contribution < 1.29 is 14.2 Å². The first-order chi connectivity index (χ1) is 14.6. The molecule has 4 rings (SSSR count). The van der Waals surface area contributed by atoms with Crippen LogP contribution < -0.4 is 4.74 Å². The van der Waals surface area contributed by atoms with E-state index in [1.807, 2.05) is 35.0 Å². The number of allylic oxidation sites excluding steroid dienone is 1. The molecule has 0 aliphatic carbocycles. The highest BCUT2D eigenvalue weighted by Crippen LogP contribution is 2.40. The molecule has 152 valence electrons. The summed E-state index contributed by atoms with van der Waals surface area (Å²) in [6.07, 6.45) is 4.18. The van der Waals surface area contributed by atoms with Gasteiger partial charge in [-0.2, -0.15) is 5.26 Å². The van der Waals surface area contributed by atoms with Crippen molar-refractivity contribution >= 4 is 29.4 Å². The normalized spacial score (nSPS) is 14.0. The van der Waals surface area contributed by atoms with Gasteiger partial charge in [0.1, 0.15) is 0 Å². The number of aromatic nitrogens is 2. The van der Waals surface area contributed by atoms with Gasteiger partial charge in [-0.15, -0.1) is 0 Å². The summed E-state index contributed by atoms with van der Waals surface area (Å²) in [5.41, 5.74) is 3.11. The molecule has 0 saturated carbocycles. The summed E-state index contributed by atoms with van der Waals surface area (Å²) in [6.45, 7) is 0.338. The fourth-order valence-corrected chi connectivity index (χ4v) is 4.31. The van der Waals surface area contributed by atoms with E-state index in [9.17, 15) is 9.50 Å². The van der Waals surface area contributed by atoms with Gasteiger partial charge in [0.2, 0.25) is 0 Å². The Hall–Kier alpha value is -2.95. The maximum Gasteiger partial charge on any atom is 0.176 e. The molecule has 0 unspecified atom stereocenters. The van der Waals surface area contributed by atoms with E-state index in [4.69, 9.17) is 21.6 Å². The van der Waals surface area contributed by atoms with Crippen LogP contribution in [-0.4, -0.2) is 27.9 Å².